The maximum absolute atomic E-state index is 15.8. The number of primary amides is 1. The van der Waals surface area contributed by atoms with Crippen molar-refractivity contribution in [1.29, 1.82) is 0 Å². The van der Waals surface area contributed by atoms with Crippen molar-refractivity contribution >= 4 is 74.9 Å². The number of piperidine rings is 3. The van der Waals surface area contributed by atoms with Crippen molar-refractivity contribution < 1.29 is 28.4 Å². The van der Waals surface area contributed by atoms with Crippen LogP contribution in [0.25, 0.3) is 10.8 Å². The van der Waals surface area contributed by atoms with Crippen LogP contribution in [0.2, 0.25) is 0 Å². The quantitative estimate of drug-likeness (QED) is 0.197. The van der Waals surface area contributed by atoms with E-state index in [9.17, 15) is 24.0 Å². The first kappa shape index (κ1) is 41.4. The zero-order valence-electron chi connectivity index (χ0n) is 35.8. The Bertz CT molecular complexity index is 2540. The number of nitrogens with zero attached hydrogens (tertiary/aromatic N) is 10. The third-order valence-corrected chi connectivity index (χ3v) is 13.9. The molecule has 334 valence electrons. The minimum atomic E-state index is -0.811. The number of likely N-dealkylation sites (N-methyl/N-ethyl adjacent to an activating group) is 1. The van der Waals surface area contributed by atoms with Crippen LogP contribution >= 0.6 is 0 Å². The van der Waals surface area contributed by atoms with Gasteiger partial charge in [0.05, 0.1) is 17.4 Å². The highest BCUT2D eigenvalue weighted by atomic mass is 19.1. The van der Waals surface area contributed by atoms with E-state index in [0.29, 0.717) is 74.5 Å². The summed E-state index contributed by atoms with van der Waals surface area (Å²) in [5.74, 6) is -1.26. The zero-order chi connectivity index (χ0) is 44.2. The number of carbonyl (C=O) groups excluding carboxylic acids is 5. The molecule has 64 heavy (non-hydrogen) atoms. The van der Waals surface area contributed by atoms with Crippen molar-refractivity contribution in [2.24, 2.45) is 11.7 Å². The second kappa shape index (κ2) is 16.8. The van der Waals surface area contributed by atoms with E-state index in [0.717, 1.165) is 80.6 Å². The Labute approximate surface area is 369 Å². The van der Waals surface area contributed by atoms with Gasteiger partial charge < -0.3 is 35.6 Å². The summed E-state index contributed by atoms with van der Waals surface area (Å²) in [5, 5.41) is 15.6. The number of amides is 6. The number of urea groups is 1. The van der Waals surface area contributed by atoms with E-state index in [-0.39, 0.29) is 41.8 Å². The summed E-state index contributed by atoms with van der Waals surface area (Å²) in [7, 11) is 1.80. The third kappa shape index (κ3) is 7.64. The molecule has 0 aliphatic carbocycles. The van der Waals surface area contributed by atoms with E-state index in [4.69, 9.17) is 5.73 Å². The predicted molar refractivity (Wildman–Crippen MR) is 239 cm³/mol. The number of imide groups is 1. The van der Waals surface area contributed by atoms with Crippen LogP contribution in [-0.4, -0.2) is 151 Å². The van der Waals surface area contributed by atoms with Gasteiger partial charge in [0.25, 0.3) is 11.8 Å². The Kier molecular flexibility index (Phi) is 10.9. The maximum atomic E-state index is 15.8. The minimum absolute atomic E-state index is 0.00273. The first-order chi connectivity index (χ1) is 31.0. The molecular weight excluding hydrogens is 822 g/mol. The molecule has 10 rings (SSSR count). The number of hydrogen-bond acceptors (Lipinski definition) is 13. The lowest BCUT2D eigenvalue weighted by Crippen LogP contribution is -2.53. The summed E-state index contributed by atoms with van der Waals surface area (Å²) in [6.07, 6.45) is 4.24. The van der Waals surface area contributed by atoms with Gasteiger partial charge in [-0.1, -0.05) is 12.1 Å². The van der Waals surface area contributed by atoms with Crippen LogP contribution in [0, 0.1) is 11.7 Å². The standard InChI is InChI=1S/C45H52FN13O5/c1-53-18-23-58(45(53)64)29-4-3-15-57(26-29)44-50-41(39(40(47)61)51-52-44)48-28-7-8-34(32(46)24-28)56-21-19-54(20-22-56)25-27-13-16-55(17-14-27)33-9-10-35-38-30(33)5-2-6-31(38)43(63)59(35)36-11-12-37(60)49-42(36)62/h2,5-10,24,27,29,36H,3-4,11-23,25-26H2,1H3,(H2,47,61)(H,48,50,52)(H,49,60,62)/t29-,36?/m1/s1. The molecule has 6 aliphatic heterocycles. The fourth-order valence-electron chi connectivity index (χ4n) is 10.5. The molecule has 0 radical (unpaired) electrons. The van der Waals surface area contributed by atoms with Gasteiger partial charge in [-0.25, -0.2) is 9.18 Å². The Morgan fingerprint density at radius 3 is 2.34 bits per heavy atom. The Morgan fingerprint density at radius 1 is 0.844 bits per heavy atom. The van der Waals surface area contributed by atoms with Crippen molar-refractivity contribution in [3.8, 4) is 0 Å². The molecule has 7 heterocycles. The number of piperazine rings is 1. The molecule has 4 aromatic rings. The van der Waals surface area contributed by atoms with Gasteiger partial charge in [0, 0.05) is 113 Å². The van der Waals surface area contributed by atoms with Gasteiger partial charge in [0.15, 0.2) is 11.5 Å². The molecule has 0 spiro atoms. The van der Waals surface area contributed by atoms with Crippen LogP contribution in [0.15, 0.2) is 48.5 Å². The molecule has 1 unspecified atom stereocenters. The molecule has 6 aliphatic rings. The van der Waals surface area contributed by atoms with Crippen LogP contribution in [0.5, 0.6) is 0 Å². The molecule has 1 aromatic heterocycles. The average molecular weight is 874 g/mol. The predicted octanol–water partition coefficient (Wildman–Crippen LogP) is 3.15. The first-order valence-electron chi connectivity index (χ1n) is 22.3. The highest BCUT2D eigenvalue weighted by molar-refractivity contribution is 6.28. The number of nitrogens with two attached hydrogens (primary N) is 1. The number of hydrogen-bond donors (Lipinski definition) is 3. The van der Waals surface area contributed by atoms with Gasteiger partial charge in [-0.2, -0.15) is 4.98 Å². The smallest absolute Gasteiger partial charge is 0.320 e. The van der Waals surface area contributed by atoms with Crippen molar-refractivity contribution in [2.45, 2.75) is 50.6 Å². The lowest BCUT2D eigenvalue weighted by molar-refractivity contribution is -0.134. The van der Waals surface area contributed by atoms with E-state index in [1.165, 1.54) is 6.07 Å². The Morgan fingerprint density at radius 2 is 1.61 bits per heavy atom. The largest absolute Gasteiger partial charge is 0.371 e. The summed E-state index contributed by atoms with van der Waals surface area (Å²) in [6, 6.07) is 14.0. The van der Waals surface area contributed by atoms with Gasteiger partial charge in [0.2, 0.25) is 17.8 Å². The molecule has 3 aromatic carbocycles. The fourth-order valence-corrected chi connectivity index (χ4v) is 10.5. The van der Waals surface area contributed by atoms with E-state index in [1.807, 2.05) is 34.1 Å². The average Bonchev–Trinajstić information content (AvgIpc) is 3.78. The van der Waals surface area contributed by atoms with Gasteiger partial charge in [-0.15, -0.1) is 10.2 Å². The summed E-state index contributed by atoms with van der Waals surface area (Å²) >= 11 is 0. The monoisotopic (exact) mass is 873 g/mol. The number of benzene rings is 3. The normalized spacial score (nSPS) is 22.3. The lowest BCUT2D eigenvalue weighted by Gasteiger charge is -2.40. The number of rotatable bonds is 10. The van der Waals surface area contributed by atoms with Gasteiger partial charge in [-0.3, -0.25) is 34.3 Å². The molecule has 5 saturated heterocycles. The first-order valence-corrected chi connectivity index (χ1v) is 22.3. The van der Waals surface area contributed by atoms with Gasteiger partial charge in [0.1, 0.15) is 11.9 Å². The van der Waals surface area contributed by atoms with E-state index < -0.39 is 23.7 Å². The van der Waals surface area contributed by atoms with Crippen molar-refractivity contribution in [1.82, 2.24) is 35.2 Å². The number of aromatic nitrogens is 3. The van der Waals surface area contributed by atoms with Crippen molar-refractivity contribution in [2.75, 3.05) is 104 Å². The maximum Gasteiger partial charge on any atom is 0.320 e. The van der Waals surface area contributed by atoms with Crippen LogP contribution in [-0.2, 0) is 9.59 Å². The van der Waals surface area contributed by atoms with Crippen LogP contribution < -0.4 is 36.0 Å². The summed E-state index contributed by atoms with van der Waals surface area (Å²) in [4.78, 5) is 82.0. The van der Waals surface area contributed by atoms with Crippen molar-refractivity contribution in [3.63, 3.8) is 0 Å². The topological polar surface area (TPSA) is 197 Å². The highest BCUT2D eigenvalue weighted by Gasteiger charge is 2.41. The summed E-state index contributed by atoms with van der Waals surface area (Å²) in [5.41, 5.74) is 8.77. The molecule has 2 atom stereocenters. The number of carbonyl (C=O) groups is 5. The molecule has 18 nitrogen and oxygen atoms in total. The number of nitrogens with one attached hydrogen (secondary N) is 2. The van der Waals surface area contributed by atoms with E-state index in [2.05, 4.69) is 46.6 Å². The third-order valence-electron chi connectivity index (χ3n) is 13.9. The summed E-state index contributed by atoms with van der Waals surface area (Å²) < 4.78 is 15.8. The van der Waals surface area contributed by atoms with Gasteiger partial charge in [-0.05, 0) is 74.4 Å². The van der Waals surface area contributed by atoms with Gasteiger partial charge >= 0.3 is 6.03 Å². The van der Waals surface area contributed by atoms with Crippen LogP contribution in [0.3, 0.4) is 0 Å². The van der Waals surface area contributed by atoms with Crippen LogP contribution in [0.4, 0.5) is 43.7 Å². The minimum Gasteiger partial charge on any atom is -0.371 e. The highest BCUT2D eigenvalue weighted by Crippen LogP contribution is 2.44. The molecule has 0 saturated carbocycles. The zero-order valence-corrected chi connectivity index (χ0v) is 35.8. The van der Waals surface area contributed by atoms with E-state index in [1.54, 1.807) is 29.0 Å². The van der Waals surface area contributed by atoms with Crippen molar-refractivity contribution in [3.05, 3.63) is 65.6 Å². The number of anilines is 6. The number of halogens is 1. The Balaban J connectivity index is 0.738. The molecule has 0 bridgehead atoms. The second-order valence-electron chi connectivity index (χ2n) is 17.8. The molecule has 6 amide bonds. The SMILES string of the molecule is CN1CCN([C@@H]2CCCN(c3nnc(C(N)=O)c(Nc4ccc(N5CCN(CC6CCN(c7ccc8c9c(cccc79)C(=O)N8C7CCC(=O)NC7=O)CC6)CC5)c(F)c4)n3)C2)C1=O. The molecule has 4 N–H and O–H groups in total. The van der Waals surface area contributed by atoms with E-state index >= 15 is 4.39 Å². The lowest BCUT2D eigenvalue weighted by atomic mass is 9.94. The second-order valence-corrected chi connectivity index (χ2v) is 17.8. The van der Waals surface area contributed by atoms with Crippen LogP contribution in [0.1, 0.15) is 59.4 Å². The summed E-state index contributed by atoms with van der Waals surface area (Å²) in [6.45, 7) is 8.25. The molecular formula is C45H52FN13O5. The molecule has 5 fully saturated rings. The fraction of sp³-hybridized carbons (Fsp3) is 0.467. The Hall–Kier alpha value is -6.63. The molecule has 19 heteroatoms.